The van der Waals surface area contributed by atoms with Crippen LogP contribution in [0.3, 0.4) is 0 Å². The van der Waals surface area contributed by atoms with Crippen LogP contribution in [-0.4, -0.2) is 18.0 Å². The van der Waals surface area contributed by atoms with E-state index >= 15 is 0 Å². The highest BCUT2D eigenvalue weighted by molar-refractivity contribution is 6.02. The fourth-order valence-corrected chi connectivity index (χ4v) is 2.05. The molecule has 0 aromatic heterocycles. The maximum Gasteiger partial charge on any atom is 0.194 e. The second kappa shape index (κ2) is 4.34. The van der Waals surface area contributed by atoms with Crippen molar-refractivity contribution in [1.29, 1.82) is 0 Å². The molecule has 1 saturated heterocycles. The van der Waals surface area contributed by atoms with Crippen molar-refractivity contribution in [1.82, 2.24) is 0 Å². The first kappa shape index (κ1) is 11.3. The molecule has 0 N–H and O–H groups in total. The van der Waals surface area contributed by atoms with E-state index in [0.29, 0.717) is 18.6 Å². The maximum atomic E-state index is 13.0. The van der Waals surface area contributed by atoms with Crippen molar-refractivity contribution < 1.29 is 13.9 Å². The Morgan fingerprint density at radius 1 is 1.44 bits per heavy atom. The summed E-state index contributed by atoms with van der Waals surface area (Å²) < 4.78 is 18.6. The Balaban J connectivity index is 2.24. The molecule has 0 amide bonds. The van der Waals surface area contributed by atoms with Crippen LogP contribution in [0.15, 0.2) is 24.3 Å². The second-order valence-electron chi connectivity index (χ2n) is 4.38. The van der Waals surface area contributed by atoms with Crippen molar-refractivity contribution in [2.75, 3.05) is 6.61 Å². The Labute approximate surface area is 94.4 Å². The summed E-state index contributed by atoms with van der Waals surface area (Å²) in [4.78, 5) is 12.2. The third kappa shape index (κ3) is 2.14. The first-order valence-electron chi connectivity index (χ1n) is 5.56. The maximum absolute atomic E-state index is 13.0. The monoisotopic (exact) mass is 222 g/mol. The van der Waals surface area contributed by atoms with Crippen molar-refractivity contribution >= 4 is 5.78 Å². The highest BCUT2D eigenvalue weighted by Crippen LogP contribution is 2.28. The van der Waals surface area contributed by atoms with Crippen LogP contribution in [0, 0.1) is 5.82 Å². The lowest BCUT2D eigenvalue weighted by molar-refractivity contribution is -0.0426. The number of hydrogen-bond donors (Lipinski definition) is 0. The van der Waals surface area contributed by atoms with Crippen molar-refractivity contribution in [3.63, 3.8) is 0 Å². The largest absolute Gasteiger partial charge is 0.367 e. The van der Waals surface area contributed by atoms with Gasteiger partial charge in [0.15, 0.2) is 5.78 Å². The summed E-state index contributed by atoms with van der Waals surface area (Å²) in [5.74, 6) is -0.503. The topological polar surface area (TPSA) is 26.3 Å². The molecule has 1 aromatic rings. The summed E-state index contributed by atoms with van der Waals surface area (Å²) in [6.45, 7) is 2.40. The lowest BCUT2D eigenvalue weighted by Crippen LogP contribution is -2.41. The molecule has 2 rings (SSSR count). The van der Waals surface area contributed by atoms with E-state index < -0.39 is 5.60 Å². The Hall–Kier alpha value is -1.22. The molecular weight excluding hydrogens is 207 g/mol. The van der Waals surface area contributed by atoms with E-state index in [0.717, 1.165) is 12.8 Å². The first-order chi connectivity index (χ1) is 7.62. The van der Waals surface area contributed by atoms with Crippen LogP contribution in [0.25, 0.3) is 0 Å². The molecule has 1 atom stereocenters. The third-order valence-corrected chi connectivity index (χ3v) is 3.04. The number of carbonyl (C=O) groups excluding carboxylic acids is 1. The predicted octanol–water partition coefficient (Wildman–Crippen LogP) is 2.97. The van der Waals surface area contributed by atoms with Crippen LogP contribution in [0.5, 0.6) is 0 Å². The molecule has 1 fully saturated rings. The highest BCUT2D eigenvalue weighted by Gasteiger charge is 2.36. The molecule has 1 aliphatic heterocycles. The van der Waals surface area contributed by atoms with E-state index in [1.165, 1.54) is 12.1 Å². The van der Waals surface area contributed by atoms with Crippen LogP contribution in [-0.2, 0) is 4.74 Å². The minimum Gasteiger partial charge on any atom is -0.367 e. The molecule has 1 aliphatic rings. The first-order valence-corrected chi connectivity index (χ1v) is 5.56. The van der Waals surface area contributed by atoms with Gasteiger partial charge in [0, 0.05) is 12.2 Å². The third-order valence-electron chi connectivity index (χ3n) is 3.04. The number of carbonyl (C=O) groups is 1. The van der Waals surface area contributed by atoms with Crippen molar-refractivity contribution in [3.8, 4) is 0 Å². The molecule has 0 radical (unpaired) electrons. The number of benzene rings is 1. The second-order valence-corrected chi connectivity index (χ2v) is 4.38. The van der Waals surface area contributed by atoms with E-state index in [1.54, 1.807) is 19.1 Å². The number of ketones is 1. The zero-order chi connectivity index (χ0) is 11.6. The number of hydrogen-bond acceptors (Lipinski definition) is 2. The van der Waals surface area contributed by atoms with Crippen molar-refractivity contribution in [2.24, 2.45) is 0 Å². The minimum atomic E-state index is -0.772. The number of Topliss-reactive ketones (excluding diaryl/α,β-unsaturated/α-hetero) is 1. The number of ether oxygens (including phenoxy) is 1. The Morgan fingerprint density at radius 2 is 2.25 bits per heavy atom. The van der Waals surface area contributed by atoms with Gasteiger partial charge in [-0.2, -0.15) is 0 Å². The molecule has 0 spiro atoms. The summed E-state index contributed by atoms with van der Waals surface area (Å²) in [7, 11) is 0. The van der Waals surface area contributed by atoms with Crippen LogP contribution < -0.4 is 0 Å². The molecule has 1 heterocycles. The fraction of sp³-hybridized carbons (Fsp3) is 0.462. The highest BCUT2D eigenvalue weighted by atomic mass is 19.1. The van der Waals surface area contributed by atoms with Crippen LogP contribution >= 0.6 is 0 Å². The fourth-order valence-electron chi connectivity index (χ4n) is 2.05. The minimum absolute atomic E-state index is 0.119. The van der Waals surface area contributed by atoms with Gasteiger partial charge in [0.1, 0.15) is 11.4 Å². The van der Waals surface area contributed by atoms with Gasteiger partial charge in [-0.1, -0.05) is 12.1 Å². The molecule has 86 valence electrons. The average Bonchev–Trinajstić information content (AvgIpc) is 2.29. The molecule has 1 unspecified atom stereocenters. The normalized spacial score (nSPS) is 25.4. The van der Waals surface area contributed by atoms with Gasteiger partial charge in [0.05, 0.1) is 0 Å². The molecule has 1 aromatic carbocycles. The molecule has 0 saturated carbocycles. The summed E-state index contributed by atoms with van der Waals surface area (Å²) in [6, 6.07) is 5.79. The molecule has 16 heavy (non-hydrogen) atoms. The van der Waals surface area contributed by atoms with Gasteiger partial charge in [-0.15, -0.1) is 0 Å². The van der Waals surface area contributed by atoms with Crippen LogP contribution in [0.2, 0.25) is 0 Å². The average molecular weight is 222 g/mol. The van der Waals surface area contributed by atoms with E-state index in [1.807, 2.05) is 0 Å². The molecule has 2 nitrogen and oxygen atoms in total. The molecular formula is C13H15FO2. The van der Waals surface area contributed by atoms with Gasteiger partial charge >= 0.3 is 0 Å². The van der Waals surface area contributed by atoms with Crippen LogP contribution in [0.1, 0.15) is 36.5 Å². The van der Waals surface area contributed by atoms with Gasteiger partial charge < -0.3 is 4.74 Å². The van der Waals surface area contributed by atoms with E-state index in [4.69, 9.17) is 4.74 Å². The SMILES string of the molecule is CC1(C(=O)c2cccc(F)c2)CCCCO1. The predicted molar refractivity (Wildman–Crippen MR) is 58.9 cm³/mol. The van der Waals surface area contributed by atoms with E-state index in [9.17, 15) is 9.18 Å². The Kier molecular flexibility index (Phi) is 3.06. The van der Waals surface area contributed by atoms with E-state index in [2.05, 4.69) is 0 Å². The van der Waals surface area contributed by atoms with Crippen molar-refractivity contribution in [2.45, 2.75) is 31.8 Å². The van der Waals surface area contributed by atoms with Crippen molar-refractivity contribution in [3.05, 3.63) is 35.6 Å². The number of halogens is 1. The summed E-state index contributed by atoms with van der Waals surface area (Å²) in [5.41, 5.74) is -0.379. The van der Waals surface area contributed by atoms with Gasteiger partial charge in [0.2, 0.25) is 0 Å². The smallest absolute Gasteiger partial charge is 0.194 e. The lowest BCUT2D eigenvalue weighted by Gasteiger charge is -2.32. The van der Waals surface area contributed by atoms with Crippen LogP contribution in [0.4, 0.5) is 4.39 Å². The van der Waals surface area contributed by atoms with Gasteiger partial charge in [-0.3, -0.25) is 4.79 Å². The van der Waals surface area contributed by atoms with Gasteiger partial charge in [-0.25, -0.2) is 4.39 Å². The quantitative estimate of drug-likeness (QED) is 0.719. The summed E-state index contributed by atoms with van der Waals surface area (Å²) >= 11 is 0. The molecule has 0 aliphatic carbocycles. The zero-order valence-electron chi connectivity index (χ0n) is 9.33. The van der Waals surface area contributed by atoms with E-state index in [-0.39, 0.29) is 11.6 Å². The van der Waals surface area contributed by atoms with Gasteiger partial charge in [0.25, 0.3) is 0 Å². The standard InChI is InChI=1S/C13H15FO2/c1-13(7-2-3-8-16-13)12(15)10-5-4-6-11(14)9-10/h4-6,9H,2-3,7-8H2,1H3. The van der Waals surface area contributed by atoms with Gasteiger partial charge in [-0.05, 0) is 38.3 Å². The summed E-state index contributed by atoms with van der Waals surface area (Å²) in [6.07, 6.45) is 2.69. The molecule has 0 bridgehead atoms. The zero-order valence-corrected chi connectivity index (χ0v) is 9.33. The number of rotatable bonds is 2. The Bertz CT molecular complexity index is 395. The summed E-state index contributed by atoms with van der Waals surface area (Å²) in [5, 5.41) is 0. The molecule has 3 heteroatoms. The Morgan fingerprint density at radius 3 is 2.88 bits per heavy atom. The lowest BCUT2D eigenvalue weighted by atomic mass is 9.88.